The van der Waals surface area contributed by atoms with Crippen LogP contribution in [-0.4, -0.2) is 34.2 Å². The molecule has 0 spiro atoms. The lowest BCUT2D eigenvalue weighted by molar-refractivity contribution is -0.140. The number of carbonyl (C=O) groups is 1. The highest BCUT2D eigenvalue weighted by molar-refractivity contribution is 7.98. The normalized spacial score (nSPS) is 14.2. The zero-order valence-corrected chi connectivity index (χ0v) is 10.5. The lowest BCUT2D eigenvalue weighted by atomic mass is 10.1. The highest BCUT2D eigenvalue weighted by atomic mass is 32.2. The van der Waals surface area contributed by atoms with Crippen LogP contribution in [-0.2, 0) is 4.79 Å². The zero-order valence-electron chi connectivity index (χ0n) is 9.67. The first kappa shape index (κ1) is 14.0. The van der Waals surface area contributed by atoms with E-state index in [1.165, 1.54) is 0 Å². The number of aliphatic hydroxyl groups is 1. The van der Waals surface area contributed by atoms with E-state index in [2.05, 4.69) is 5.32 Å². The number of thioether (sulfide) groups is 1. The fraction of sp³-hybridized carbons (Fsp3) is 0.417. The standard InChI is InChI=1S/C12H17NO3S/c1-17-8-7-10(12(15)16)13-11(14)9-5-3-2-4-6-9/h2-6,10-11,13-14H,7-8H2,1H3,(H,15,16)/t10-,11?/m0/s1. The summed E-state index contributed by atoms with van der Waals surface area (Å²) in [6.07, 6.45) is 1.46. The van der Waals surface area contributed by atoms with E-state index < -0.39 is 18.2 Å². The first-order valence-corrected chi connectivity index (χ1v) is 6.75. The van der Waals surface area contributed by atoms with E-state index in [9.17, 15) is 9.90 Å². The van der Waals surface area contributed by atoms with Crippen LogP contribution < -0.4 is 5.32 Å². The molecule has 1 aromatic carbocycles. The van der Waals surface area contributed by atoms with Gasteiger partial charge in [-0.05, 0) is 24.0 Å². The van der Waals surface area contributed by atoms with Crippen molar-refractivity contribution in [1.82, 2.24) is 5.32 Å². The average molecular weight is 255 g/mol. The Hall–Kier alpha value is -1.04. The molecule has 3 N–H and O–H groups in total. The SMILES string of the molecule is CSCC[C@H](NC(O)c1ccccc1)C(=O)O. The molecule has 0 heterocycles. The number of rotatable bonds is 7. The predicted octanol–water partition coefficient (Wildman–Crippen LogP) is 1.47. The number of hydrogen-bond acceptors (Lipinski definition) is 4. The van der Waals surface area contributed by atoms with Gasteiger partial charge in [0.25, 0.3) is 0 Å². The molecule has 1 aromatic rings. The van der Waals surface area contributed by atoms with E-state index >= 15 is 0 Å². The second-order valence-electron chi connectivity index (χ2n) is 3.65. The van der Waals surface area contributed by atoms with Crippen LogP contribution in [0.2, 0.25) is 0 Å². The van der Waals surface area contributed by atoms with E-state index in [1.807, 2.05) is 12.3 Å². The lowest BCUT2D eigenvalue weighted by Gasteiger charge is -2.19. The molecule has 1 rings (SSSR count). The maximum Gasteiger partial charge on any atom is 0.320 e. The van der Waals surface area contributed by atoms with Crippen molar-refractivity contribution < 1.29 is 15.0 Å². The van der Waals surface area contributed by atoms with E-state index in [-0.39, 0.29) is 0 Å². The van der Waals surface area contributed by atoms with Crippen LogP contribution in [0.15, 0.2) is 30.3 Å². The summed E-state index contributed by atoms with van der Waals surface area (Å²) in [6, 6.07) is 8.24. The number of carboxylic acid groups (broad SMARTS) is 1. The third kappa shape index (κ3) is 4.77. The van der Waals surface area contributed by atoms with Crippen molar-refractivity contribution in [2.24, 2.45) is 0 Å². The topological polar surface area (TPSA) is 69.6 Å². The van der Waals surface area contributed by atoms with Crippen molar-refractivity contribution in [3.05, 3.63) is 35.9 Å². The Morgan fingerprint density at radius 2 is 2.06 bits per heavy atom. The molecule has 0 bridgehead atoms. The lowest BCUT2D eigenvalue weighted by Crippen LogP contribution is -2.39. The molecule has 0 aliphatic carbocycles. The minimum absolute atomic E-state index is 0.487. The fourth-order valence-electron chi connectivity index (χ4n) is 1.44. The second kappa shape index (κ2) is 7.32. The van der Waals surface area contributed by atoms with Crippen molar-refractivity contribution >= 4 is 17.7 Å². The van der Waals surface area contributed by atoms with Crippen LogP contribution in [0.5, 0.6) is 0 Å². The molecule has 0 radical (unpaired) electrons. The molecule has 1 unspecified atom stereocenters. The van der Waals surface area contributed by atoms with Gasteiger partial charge in [-0.15, -0.1) is 0 Å². The highest BCUT2D eigenvalue weighted by Gasteiger charge is 2.20. The third-order valence-electron chi connectivity index (χ3n) is 2.38. The maximum absolute atomic E-state index is 11.0. The molecule has 94 valence electrons. The van der Waals surface area contributed by atoms with Gasteiger partial charge in [0.2, 0.25) is 0 Å². The zero-order chi connectivity index (χ0) is 12.7. The molecule has 17 heavy (non-hydrogen) atoms. The third-order valence-corrected chi connectivity index (χ3v) is 3.03. The first-order valence-electron chi connectivity index (χ1n) is 5.36. The summed E-state index contributed by atoms with van der Waals surface area (Å²) in [5.41, 5.74) is 0.669. The second-order valence-corrected chi connectivity index (χ2v) is 4.64. The van der Waals surface area contributed by atoms with Crippen molar-refractivity contribution in [2.75, 3.05) is 12.0 Å². The smallest absolute Gasteiger partial charge is 0.320 e. The van der Waals surface area contributed by atoms with E-state index in [4.69, 9.17) is 5.11 Å². The van der Waals surface area contributed by atoms with Crippen LogP contribution in [0, 0.1) is 0 Å². The molecular formula is C12H17NO3S. The monoisotopic (exact) mass is 255 g/mol. The molecule has 0 aliphatic rings. The number of aliphatic carboxylic acids is 1. The Morgan fingerprint density at radius 1 is 1.41 bits per heavy atom. The quantitative estimate of drug-likeness (QED) is 0.644. The molecule has 0 amide bonds. The average Bonchev–Trinajstić information content (AvgIpc) is 2.35. The van der Waals surface area contributed by atoms with Crippen LogP contribution in [0.4, 0.5) is 0 Å². The van der Waals surface area contributed by atoms with Gasteiger partial charge in [-0.1, -0.05) is 30.3 Å². The number of hydrogen-bond donors (Lipinski definition) is 3. The molecule has 0 aromatic heterocycles. The number of nitrogens with one attached hydrogen (secondary N) is 1. The summed E-state index contributed by atoms with van der Waals surface area (Å²) in [6.45, 7) is 0. The summed E-state index contributed by atoms with van der Waals surface area (Å²) in [7, 11) is 0. The Balaban J connectivity index is 2.58. The highest BCUT2D eigenvalue weighted by Crippen LogP contribution is 2.11. The summed E-state index contributed by atoms with van der Waals surface area (Å²) in [4.78, 5) is 11.0. The molecule has 0 aliphatic heterocycles. The van der Waals surface area contributed by atoms with Gasteiger partial charge < -0.3 is 10.2 Å². The van der Waals surface area contributed by atoms with Crippen molar-refractivity contribution in [3.63, 3.8) is 0 Å². The number of benzene rings is 1. The Bertz CT molecular complexity index is 345. The molecular weight excluding hydrogens is 238 g/mol. The van der Waals surface area contributed by atoms with Gasteiger partial charge in [-0.3, -0.25) is 10.1 Å². The van der Waals surface area contributed by atoms with Crippen molar-refractivity contribution in [3.8, 4) is 0 Å². The predicted molar refractivity (Wildman–Crippen MR) is 69.0 cm³/mol. The minimum atomic E-state index is -0.945. The van der Waals surface area contributed by atoms with E-state index in [0.717, 1.165) is 5.75 Å². The maximum atomic E-state index is 11.0. The number of carboxylic acids is 1. The minimum Gasteiger partial charge on any atom is -0.480 e. The number of aliphatic hydroxyl groups excluding tert-OH is 1. The van der Waals surface area contributed by atoms with Crippen molar-refractivity contribution in [2.45, 2.75) is 18.7 Å². The van der Waals surface area contributed by atoms with Crippen LogP contribution in [0.1, 0.15) is 18.2 Å². The van der Waals surface area contributed by atoms with Gasteiger partial charge in [0.05, 0.1) is 0 Å². The summed E-state index contributed by atoms with van der Waals surface area (Å²) in [5, 5.41) is 21.6. The van der Waals surface area contributed by atoms with Crippen LogP contribution in [0.3, 0.4) is 0 Å². The van der Waals surface area contributed by atoms with Crippen LogP contribution >= 0.6 is 11.8 Å². The van der Waals surface area contributed by atoms with Gasteiger partial charge >= 0.3 is 5.97 Å². The molecule has 0 saturated carbocycles. The van der Waals surface area contributed by atoms with Gasteiger partial charge in [-0.2, -0.15) is 11.8 Å². The molecule has 0 saturated heterocycles. The summed E-state index contributed by atoms with van der Waals surface area (Å²) >= 11 is 1.59. The molecule has 2 atom stereocenters. The van der Waals surface area contributed by atoms with Gasteiger partial charge in [0, 0.05) is 0 Å². The summed E-state index contributed by atoms with van der Waals surface area (Å²) in [5.74, 6) is -0.195. The van der Waals surface area contributed by atoms with Crippen molar-refractivity contribution in [1.29, 1.82) is 0 Å². The Morgan fingerprint density at radius 3 is 2.59 bits per heavy atom. The van der Waals surface area contributed by atoms with Gasteiger partial charge in [-0.25, -0.2) is 0 Å². The first-order chi connectivity index (χ1) is 8.15. The molecule has 5 heteroatoms. The van der Waals surface area contributed by atoms with E-state index in [1.54, 1.807) is 36.0 Å². The fourth-order valence-corrected chi connectivity index (χ4v) is 1.91. The summed E-state index contributed by atoms with van der Waals surface area (Å²) < 4.78 is 0. The van der Waals surface area contributed by atoms with Crippen LogP contribution in [0.25, 0.3) is 0 Å². The molecule has 4 nitrogen and oxygen atoms in total. The molecule has 0 fully saturated rings. The van der Waals surface area contributed by atoms with E-state index in [0.29, 0.717) is 12.0 Å². The van der Waals surface area contributed by atoms with Gasteiger partial charge in [0.1, 0.15) is 12.3 Å². The largest absolute Gasteiger partial charge is 0.480 e. The van der Waals surface area contributed by atoms with Gasteiger partial charge in [0.15, 0.2) is 0 Å². The Labute approximate surface area is 105 Å². The Kier molecular flexibility index (Phi) is 6.04.